The van der Waals surface area contributed by atoms with Crippen LogP contribution >= 0.6 is 11.8 Å². The second-order valence-electron chi connectivity index (χ2n) is 6.24. The van der Waals surface area contributed by atoms with Crippen LogP contribution in [0, 0.1) is 11.3 Å². The fourth-order valence-electron chi connectivity index (χ4n) is 2.98. The number of hydrogen-bond acceptors (Lipinski definition) is 6. The highest BCUT2D eigenvalue weighted by Crippen LogP contribution is 2.28. The van der Waals surface area contributed by atoms with Gasteiger partial charge in [0.05, 0.1) is 25.8 Å². The number of methoxy groups -OCH3 is 1. The molecule has 7 heteroatoms. The van der Waals surface area contributed by atoms with E-state index in [-0.39, 0.29) is 6.10 Å². The maximum Gasteiger partial charge on any atom is 0.191 e. The van der Waals surface area contributed by atoms with Crippen molar-refractivity contribution < 1.29 is 9.47 Å². The Morgan fingerprint density at radius 1 is 1.31 bits per heavy atom. The van der Waals surface area contributed by atoms with Crippen molar-refractivity contribution >= 4 is 11.8 Å². The van der Waals surface area contributed by atoms with Gasteiger partial charge in [-0.15, -0.1) is 10.2 Å². The van der Waals surface area contributed by atoms with E-state index in [1.54, 1.807) is 18.9 Å². The first-order chi connectivity index (χ1) is 12.8. The molecule has 0 spiro atoms. The van der Waals surface area contributed by atoms with Gasteiger partial charge >= 0.3 is 0 Å². The SMILES string of the molecule is COc1ccc(-c2nnc(SCCCCC#N)n2CC2CCCO2)cc1. The van der Waals surface area contributed by atoms with Gasteiger partial charge in [-0.3, -0.25) is 4.57 Å². The number of aromatic nitrogens is 3. The van der Waals surface area contributed by atoms with Crippen molar-refractivity contribution in [1.82, 2.24) is 14.8 Å². The Balaban J connectivity index is 1.77. The van der Waals surface area contributed by atoms with Crippen LogP contribution in [0.3, 0.4) is 0 Å². The van der Waals surface area contributed by atoms with Crippen molar-refractivity contribution in [3.05, 3.63) is 24.3 Å². The summed E-state index contributed by atoms with van der Waals surface area (Å²) in [5, 5.41) is 18.4. The molecule has 26 heavy (non-hydrogen) atoms. The monoisotopic (exact) mass is 372 g/mol. The number of rotatable bonds is 9. The van der Waals surface area contributed by atoms with Gasteiger partial charge in [0.1, 0.15) is 5.75 Å². The minimum atomic E-state index is 0.223. The molecule has 6 nitrogen and oxygen atoms in total. The minimum Gasteiger partial charge on any atom is -0.497 e. The Morgan fingerprint density at radius 3 is 2.85 bits per heavy atom. The first-order valence-electron chi connectivity index (χ1n) is 9.01. The molecular formula is C19H24N4O2S. The molecule has 1 aliphatic heterocycles. The number of ether oxygens (including phenoxy) is 2. The zero-order valence-electron chi connectivity index (χ0n) is 15.1. The van der Waals surface area contributed by atoms with E-state index in [4.69, 9.17) is 14.7 Å². The molecule has 1 saturated heterocycles. The molecule has 1 aromatic heterocycles. The first kappa shape index (κ1) is 18.7. The third kappa shape index (κ3) is 4.77. The normalized spacial score (nSPS) is 16.5. The van der Waals surface area contributed by atoms with E-state index in [1.165, 1.54) is 0 Å². The van der Waals surface area contributed by atoms with Crippen molar-refractivity contribution in [1.29, 1.82) is 5.26 Å². The standard InChI is InChI=1S/C19H24N4O2S/c1-24-16-9-7-15(8-10-16)18-21-22-19(26-13-4-2-3-11-20)23(18)14-17-6-5-12-25-17/h7-10,17H,2-6,12-14H2,1H3. The smallest absolute Gasteiger partial charge is 0.191 e. The lowest BCUT2D eigenvalue weighted by molar-refractivity contribution is 0.0953. The van der Waals surface area contributed by atoms with Gasteiger partial charge in [0.25, 0.3) is 0 Å². The predicted octanol–water partition coefficient (Wildman–Crippen LogP) is 3.92. The molecule has 1 fully saturated rings. The molecule has 138 valence electrons. The average molecular weight is 372 g/mol. The molecule has 1 atom stereocenters. The van der Waals surface area contributed by atoms with Crippen LogP contribution in [0.5, 0.6) is 5.75 Å². The van der Waals surface area contributed by atoms with Crippen LogP contribution < -0.4 is 4.74 Å². The summed E-state index contributed by atoms with van der Waals surface area (Å²) in [5.41, 5.74) is 1.02. The Morgan fingerprint density at radius 2 is 2.15 bits per heavy atom. The number of hydrogen-bond donors (Lipinski definition) is 0. The third-order valence-corrected chi connectivity index (χ3v) is 5.44. The molecule has 1 aliphatic rings. The van der Waals surface area contributed by atoms with E-state index in [2.05, 4.69) is 20.8 Å². The highest BCUT2D eigenvalue weighted by atomic mass is 32.2. The van der Waals surface area contributed by atoms with Gasteiger partial charge in [-0.2, -0.15) is 5.26 Å². The zero-order chi connectivity index (χ0) is 18.2. The molecule has 1 unspecified atom stereocenters. The fraction of sp³-hybridized carbons (Fsp3) is 0.526. The lowest BCUT2D eigenvalue weighted by Crippen LogP contribution is -2.16. The van der Waals surface area contributed by atoms with Crippen molar-refractivity contribution in [3.8, 4) is 23.2 Å². The number of nitriles is 1. The molecule has 1 aromatic carbocycles. The fourth-order valence-corrected chi connectivity index (χ4v) is 3.92. The van der Waals surface area contributed by atoms with E-state index in [0.29, 0.717) is 6.42 Å². The number of unbranched alkanes of at least 4 members (excludes halogenated alkanes) is 2. The van der Waals surface area contributed by atoms with Crippen molar-refractivity contribution in [2.75, 3.05) is 19.5 Å². The molecule has 0 bridgehead atoms. The third-order valence-electron chi connectivity index (χ3n) is 4.39. The molecule has 3 rings (SSSR count). The quantitative estimate of drug-likeness (QED) is 0.491. The lowest BCUT2D eigenvalue weighted by Gasteiger charge is -2.15. The van der Waals surface area contributed by atoms with Gasteiger partial charge in [0, 0.05) is 24.3 Å². The zero-order valence-corrected chi connectivity index (χ0v) is 15.9. The lowest BCUT2D eigenvalue weighted by atomic mass is 10.2. The molecule has 0 aliphatic carbocycles. The maximum atomic E-state index is 8.65. The van der Waals surface area contributed by atoms with Gasteiger partial charge in [-0.1, -0.05) is 11.8 Å². The van der Waals surface area contributed by atoms with E-state index < -0.39 is 0 Å². The summed E-state index contributed by atoms with van der Waals surface area (Å²) in [6.45, 7) is 1.61. The Labute approximate surface area is 158 Å². The van der Waals surface area contributed by atoms with Crippen LogP contribution in [0.1, 0.15) is 32.1 Å². The molecule has 2 heterocycles. The second kappa shape index (κ2) is 9.60. The van der Waals surface area contributed by atoms with E-state index in [1.807, 2.05) is 24.3 Å². The summed E-state index contributed by atoms with van der Waals surface area (Å²) in [7, 11) is 1.66. The molecule has 0 radical (unpaired) electrons. The minimum absolute atomic E-state index is 0.223. The van der Waals surface area contributed by atoms with Crippen LogP contribution in [-0.2, 0) is 11.3 Å². The van der Waals surface area contributed by atoms with Crippen molar-refractivity contribution in [3.63, 3.8) is 0 Å². The summed E-state index contributed by atoms with van der Waals surface area (Å²) in [6.07, 6.45) is 4.95. The van der Waals surface area contributed by atoms with E-state index in [9.17, 15) is 0 Å². The Bertz CT molecular complexity index is 733. The highest BCUT2D eigenvalue weighted by Gasteiger charge is 2.21. The first-order valence-corrected chi connectivity index (χ1v) is 9.99. The van der Waals surface area contributed by atoms with Crippen LogP contribution in [0.25, 0.3) is 11.4 Å². The van der Waals surface area contributed by atoms with E-state index in [0.717, 1.165) is 66.9 Å². The highest BCUT2D eigenvalue weighted by molar-refractivity contribution is 7.99. The largest absolute Gasteiger partial charge is 0.497 e. The number of thioether (sulfide) groups is 1. The van der Waals surface area contributed by atoms with Crippen LogP contribution in [-0.4, -0.2) is 40.3 Å². The summed E-state index contributed by atoms with van der Waals surface area (Å²) >= 11 is 1.70. The molecule has 0 amide bonds. The van der Waals surface area contributed by atoms with Crippen molar-refractivity contribution in [2.24, 2.45) is 0 Å². The van der Waals surface area contributed by atoms with Crippen molar-refractivity contribution in [2.45, 2.75) is 49.9 Å². The maximum absolute atomic E-state index is 8.65. The van der Waals surface area contributed by atoms with Gasteiger partial charge in [0.2, 0.25) is 0 Å². The predicted molar refractivity (Wildman–Crippen MR) is 101 cm³/mol. The Hall–Kier alpha value is -2.04. The molecule has 0 saturated carbocycles. The summed E-state index contributed by atoms with van der Waals surface area (Å²) in [6, 6.07) is 10.1. The molecule has 0 N–H and O–H groups in total. The Kier molecular flexibility index (Phi) is 6.92. The molecular weight excluding hydrogens is 348 g/mol. The van der Waals surface area contributed by atoms with Gasteiger partial charge in [0.15, 0.2) is 11.0 Å². The number of benzene rings is 1. The van der Waals surface area contributed by atoms with Gasteiger partial charge in [-0.25, -0.2) is 0 Å². The number of nitrogens with zero attached hydrogens (tertiary/aromatic N) is 4. The van der Waals surface area contributed by atoms with Crippen LogP contribution in [0.15, 0.2) is 29.4 Å². The molecule has 2 aromatic rings. The second-order valence-corrected chi connectivity index (χ2v) is 7.31. The van der Waals surface area contributed by atoms with Gasteiger partial charge in [-0.05, 0) is 49.9 Å². The summed E-state index contributed by atoms with van der Waals surface area (Å²) < 4.78 is 13.2. The summed E-state index contributed by atoms with van der Waals surface area (Å²) in [4.78, 5) is 0. The van der Waals surface area contributed by atoms with Crippen LogP contribution in [0.4, 0.5) is 0 Å². The van der Waals surface area contributed by atoms with E-state index >= 15 is 0 Å². The van der Waals surface area contributed by atoms with Crippen LogP contribution in [0.2, 0.25) is 0 Å². The topological polar surface area (TPSA) is 73.0 Å². The average Bonchev–Trinajstić information content (AvgIpc) is 3.32. The van der Waals surface area contributed by atoms with Gasteiger partial charge < -0.3 is 9.47 Å². The summed E-state index contributed by atoms with van der Waals surface area (Å²) in [5.74, 6) is 2.63.